The van der Waals surface area contributed by atoms with E-state index in [0.29, 0.717) is 12.5 Å². The van der Waals surface area contributed by atoms with Gasteiger partial charge in [-0.3, -0.25) is 9.69 Å². The molecular weight excluding hydrogens is 372 g/mol. The summed E-state index contributed by atoms with van der Waals surface area (Å²) >= 11 is 0. The van der Waals surface area contributed by atoms with Crippen LogP contribution in [0.3, 0.4) is 0 Å². The predicted molar refractivity (Wildman–Crippen MR) is 118 cm³/mol. The van der Waals surface area contributed by atoms with Crippen molar-refractivity contribution in [3.63, 3.8) is 0 Å². The molecule has 2 heterocycles. The Balaban J connectivity index is 1.37. The smallest absolute Gasteiger partial charge is 0.254 e. The normalized spacial score (nSPS) is 17.7. The van der Waals surface area contributed by atoms with Gasteiger partial charge in [0.15, 0.2) is 0 Å². The van der Waals surface area contributed by atoms with Crippen LogP contribution >= 0.6 is 0 Å². The summed E-state index contributed by atoms with van der Waals surface area (Å²) in [7, 11) is 0. The molecule has 2 fully saturated rings. The van der Waals surface area contributed by atoms with E-state index in [0.717, 1.165) is 42.9 Å². The lowest BCUT2D eigenvalue weighted by Crippen LogP contribution is -2.37. The molecular formula is C25H28N4O. The molecule has 1 atom stereocenters. The summed E-state index contributed by atoms with van der Waals surface area (Å²) in [5.74, 6) is 0.413. The molecule has 0 radical (unpaired) electrons. The Hall–Kier alpha value is -2.92. The highest BCUT2D eigenvalue weighted by atomic mass is 16.1. The second kappa shape index (κ2) is 8.44. The van der Waals surface area contributed by atoms with Gasteiger partial charge in [0.25, 0.3) is 5.91 Å². The quantitative estimate of drug-likeness (QED) is 0.643. The molecule has 2 aliphatic rings. The molecule has 1 amide bonds. The van der Waals surface area contributed by atoms with Crippen molar-refractivity contribution in [2.24, 2.45) is 0 Å². The van der Waals surface area contributed by atoms with E-state index in [-0.39, 0.29) is 11.9 Å². The Morgan fingerprint density at radius 2 is 1.67 bits per heavy atom. The van der Waals surface area contributed by atoms with Crippen molar-refractivity contribution in [3.05, 3.63) is 83.7 Å². The summed E-state index contributed by atoms with van der Waals surface area (Å²) in [6.45, 7) is 2.80. The van der Waals surface area contributed by atoms with Gasteiger partial charge in [0.2, 0.25) is 0 Å². The van der Waals surface area contributed by atoms with E-state index >= 15 is 0 Å². The van der Waals surface area contributed by atoms with Crippen molar-refractivity contribution >= 4 is 5.91 Å². The van der Waals surface area contributed by atoms with Crippen LogP contribution in [-0.4, -0.2) is 40.2 Å². The molecule has 5 rings (SSSR count). The number of rotatable bonds is 7. The highest BCUT2D eigenvalue weighted by Crippen LogP contribution is 2.42. The molecule has 2 aromatic carbocycles. The standard InChI is InChI=1S/C25H28N4O/c30-25(26-18-23(28-15-7-8-16-28)19-9-3-1-4-10-19)22-17-27-29(24(22)20-13-14-20)21-11-5-2-6-12-21/h1-6,9-12,17,20,23H,7-8,13-16,18H2,(H,26,30)/t23-/m0/s1. The number of likely N-dealkylation sites (tertiary alicyclic amines) is 1. The van der Waals surface area contributed by atoms with Crippen LogP contribution in [0.1, 0.15) is 59.3 Å². The van der Waals surface area contributed by atoms with Gasteiger partial charge < -0.3 is 5.32 Å². The zero-order chi connectivity index (χ0) is 20.3. The van der Waals surface area contributed by atoms with Crippen molar-refractivity contribution in [1.29, 1.82) is 0 Å². The summed E-state index contributed by atoms with van der Waals surface area (Å²) in [6.07, 6.45) is 6.45. The third kappa shape index (κ3) is 3.90. The first-order valence-electron chi connectivity index (χ1n) is 11.0. The number of hydrogen-bond acceptors (Lipinski definition) is 3. The number of amides is 1. The molecule has 1 N–H and O–H groups in total. The molecule has 5 heteroatoms. The minimum absolute atomic E-state index is 0.0146. The van der Waals surface area contributed by atoms with E-state index in [1.165, 1.54) is 18.4 Å². The fraction of sp³-hybridized carbons (Fsp3) is 0.360. The fourth-order valence-corrected chi connectivity index (χ4v) is 4.53. The molecule has 1 saturated heterocycles. The average molecular weight is 401 g/mol. The third-order valence-corrected chi connectivity index (χ3v) is 6.24. The van der Waals surface area contributed by atoms with Gasteiger partial charge in [0.05, 0.1) is 29.2 Å². The monoisotopic (exact) mass is 400 g/mol. The van der Waals surface area contributed by atoms with Gasteiger partial charge in [-0.2, -0.15) is 5.10 Å². The lowest BCUT2D eigenvalue weighted by molar-refractivity contribution is 0.0937. The number of carbonyl (C=O) groups excluding carboxylic acids is 1. The maximum absolute atomic E-state index is 13.2. The van der Waals surface area contributed by atoms with Crippen LogP contribution in [-0.2, 0) is 0 Å². The molecule has 1 aliphatic carbocycles. The average Bonchev–Trinajstić information content (AvgIpc) is 3.30. The molecule has 0 spiro atoms. The predicted octanol–water partition coefficient (Wildman–Crippen LogP) is 4.32. The topological polar surface area (TPSA) is 50.2 Å². The minimum Gasteiger partial charge on any atom is -0.350 e. The van der Waals surface area contributed by atoms with Crippen molar-refractivity contribution in [2.75, 3.05) is 19.6 Å². The number of carbonyl (C=O) groups is 1. The van der Waals surface area contributed by atoms with Crippen molar-refractivity contribution in [1.82, 2.24) is 20.0 Å². The Kier molecular flexibility index (Phi) is 5.37. The molecule has 1 aliphatic heterocycles. The first-order chi connectivity index (χ1) is 14.8. The minimum atomic E-state index is -0.0146. The Labute approximate surface area is 177 Å². The fourth-order valence-electron chi connectivity index (χ4n) is 4.53. The van der Waals surface area contributed by atoms with Crippen LogP contribution in [0.5, 0.6) is 0 Å². The lowest BCUT2D eigenvalue weighted by atomic mass is 10.1. The van der Waals surface area contributed by atoms with E-state index in [4.69, 9.17) is 0 Å². The molecule has 0 bridgehead atoms. The summed E-state index contributed by atoms with van der Waals surface area (Å²) in [4.78, 5) is 15.7. The highest BCUT2D eigenvalue weighted by Gasteiger charge is 2.33. The van der Waals surface area contributed by atoms with Gasteiger partial charge in [0.1, 0.15) is 0 Å². The number of aromatic nitrogens is 2. The van der Waals surface area contributed by atoms with E-state index in [1.807, 2.05) is 41.1 Å². The van der Waals surface area contributed by atoms with Crippen molar-refractivity contribution in [2.45, 2.75) is 37.6 Å². The van der Waals surface area contributed by atoms with Crippen LogP contribution in [0.2, 0.25) is 0 Å². The summed E-state index contributed by atoms with van der Waals surface area (Å²) < 4.78 is 1.95. The van der Waals surface area contributed by atoms with E-state index in [2.05, 4.69) is 39.6 Å². The molecule has 1 saturated carbocycles. The van der Waals surface area contributed by atoms with Crippen LogP contribution in [0.15, 0.2) is 66.9 Å². The van der Waals surface area contributed by atoms with Crippen LogP contribution in [0.25, 0.3) is 5.69 Å². The lowest BCUT2D eigenvalue weighted by Gasteiger charge is -2.28. The van der Waals surface area contributed by atoms with E-state index in [1.54, 1.807) is 6.20 Å². The molecule has 5 nitrogen and oxygen atoms in total. The van der Waals surface area contributed by atoms with Crippen LogP contribution in [0, 0.1) is 0 Å². The van der Waals surface area contributed by atoms with Gasteiger partial charge >= 0.3 is 0 Å². The Morgan fingerprint density at radius 1 is 1.00 bits per heavy atom. The van der Waals surface area contributed by atoms with Crippen LogP contribution < -0.4 is 5.32 Å². The summed E-state index contributed by atoms with van der Waals surface area (Å²) in [5.41, 5.74) is 4.05. The molecule has 1 aromatic heterocycles. The van der Waals surface area contributed by atoms with Crippen molar-refractivity contribution < 1.29 is 4.79 Å². The molecule has 154 valence electrons. The molecule has 0 unspecified atom stereocenters. The Morgan fingerprint density at radius 3 is 2.33 bits per heavy atom. The summed E-state index contributed by atoms with van der Waals surface area (Å²) in [5, 5.41) is 7.81. The zero-order valence-corrected chi connectivity index (χ0v) is 17.2. The second-order valence-electron chi connectivity index (χ2n) is 8.34. The highest BCUT2D eigenvalue weighted by molar-refractivity contribution is 5.95. The van der Waals surface area contributed by atoms with Crippen LogP contribution in [0.4, 0.5) is 0 Å². The maximum atomic E-state index is 13.2. The van der Waals surface area contributed by atoms with E-state index in [9.17, 15) is 4.79 Å². The van der Waals surface area contributed by atoms with Gasteiger partial charge in [-0.15, -0.1) is 0 Å². The maximum Gasteiger partial charge on any atom is 0.254 e. The first kappa shape index (κ1) is 19.1. The summed E-state index contributed by atoms with van der Waals surface area (Å²) in [6, 6.07) is 20.8. The molecule has 3 aromatic rings. The SMILES string of the molecule is O=C(NC[C@@H](c1ccccc1)N1CCCC1)c1cnn(-c2ccccc2)c1C1CC1. The number of benzene rings is 2. The largest absolute Gasteiger partial charge is 0.350 e. The first-order valence-corrected chi connectivity index (χ1v) is 11.0. The molecule has 30 heavy (non-hydrogen) atoms. The van der Waals surface area contributed by atoms with Crippen molar-refractivity contribution in [3.8, 4) is 5.69 Å². The van der Waals surface area contributed by atoms with Gasteiger partial charge in [0, 0.05) is 12.5 Å². The number of nitrogens with zero attached hydrogens (tertiary/aromatic N) is 3. The third-order valence-electron chi connectivity index (χ3n) is 6.24. The number of nitrogens with one attached hydrogen (secondary N) is 1. The van der Waals surface area contributed by atoms with Gasteiger partial charge in [-0.05, 0) is 56.5 Å². The number of hydrogen-bond donors (Lipinski definition) is 1. The number of para-hydroxylation sites is 1. The van der Waals surface area contributed by atoms with E-state index < -0.39 is 0 Å². The second-order valence-corrected chi connectivity index (χ2v) is 8.34. The van der Waals surface area contributed by atoms with Gasteiger partial charge in [-0.1, -0.05) is 48.5 Å². The zero-order valence-electron chi connectivity index (χ0n) is 17.2. The van der Waals surface area contributed by atoms with Gasteiger partial charge in [-0.25, -0.2) is 4.68 Å². The Bertz CT molecular complexity index is 989.